The Morgan fingerprint density at radius 3 is 1.98 bits per heavy atom. The maximum absolute atomic E-state index is 6.93. The van der Waals surface area contributed by atoms with E-state index in [1.165, 1.54) is 16.7 Å². The van der Waals surface area contributed by atoms with Crippen LogP contribution in [0, 0.1) is 5.92 Å². The van der Waals surface area contributed by atoms with E-state index in [0.717, 1.165) is 47.5 Å². The van der Waals surface area contributed by atoms with E-state index in [9.17, 15) is 0 Å². The van der Waals surface area contributed by atoms with E-state index in [0.29, 0.717) is 26.4 Å². The van der Waals surface area contributed by atoms with Crippen molar-refractivity contribution in [2.45, 2.75) is 77.7 Å². The third-order valence-corrected chi connectivity index (χ3v) is 8.96. The fraction of sp³-hybridized carbons (Fsp3) is 0.385. The molecule has 2 aliphatic heterocycles. The van der Waals surface area contributed by atoms with Gasteiger partial charge in [0.1, 0.15) is 25.4 Å². The number of hydrogen-bond donors (Lipinski definition) is 0. The van der Waals surface area contributed by atoms with Crippen LogP contribution < -0.4 is 9.47 Å². The molecule has 0 aliphatic carbocycles. The van der Waals surface area contributed by atoms with Crippen LogP contribution in [-0.2, 0) is 40.3 Å². The van der Waals surface area contributed by atoms with Gasteiger partial charge in [-0.25, -0.2) is 0 Å². The molecule has 2 aliphatic rings. The van der Waals surface area contributed by atoms with Crippen molar-refractivity contribution >= 4 is 0 Å². The second kappa shape index (κ2) is 14.4. The van der Waals surface area contributed by atoms with Crippen molar-refractivity contribution in [3.63, 3.8) is 0 Å². The lowest BCUT2D eigenvalue weighted by molar-refractivity contribution is -0.234. The molecule has 6 rings (SSSR count). The minimum Gasteiger partial charge on any atom is -0.486 e. The van der Waals surface area contributed by atoms with Gasteiger partial charge in [0, 0.05) is 5.92 Å². The summed E-state index contributed by atoms with van der Waals surface area (Å²) in [5.41, 5.74) is 7.25. The van der Waals surface area contributed by atoms with Gasteiger partial charge in [-0.2, -0.15) is 0 Å². The molecule has 44 heavy (non-hydrogen) atoms. The average molecular weight is 593 g/mol. The van der Waals surface area contributed by atoms with Crippen molar-refractivity contribution in [3.8, 4) is 11.5 Å². The summed E-state index contributed by atoms with van der Waals surface area (Å²) in [6.45, 7) is 8.87. The van der Waals surface area contributed by atoms with Gasteiger partial charge in [-0.3, -0.25) is 0 Å². The van der Waals surface area contributed by atoms with Gasteiger partial charge in [-0.1, -0.05) is 106 Å². The summed E-state index contributed by atoms with van der Waals surface area (Å²) in [6.07, 6.45) is 2.07. The molecule has 0 amide bonds. The van der Waals surface area contributed by atoms with Crippen molar-refractivity contribution in [1.82, 2.24) is 0 Å². The first-order valence-electron chi connectivity index (χ1n) is 16.1. The first kappa shape index (κ1) is 30.4. The molecule has 5 nitrogen and oxygen atoms in total. The molecule has 0 radical (unpaired) electrons. The van der Waals surface area contributed by atoms with E-state index in [2.05, 4.69) is 99.6 Å². The van der Waals surface area contributed by atoms with Gasteiger partial charge in [0.05, 0.1) is 25.4 Å². The summed E-state index contributed by atoms with van der Waals surface area (Å²) in [4.78, 5) is 0. The second-order valence-electron chi connectivity index (χ2n) is 11.9. The predicted octanol–water partition coefficient (Wildman–Crippen LogP) is 8.27. The maximum atomic E-state index is 6.93. The van der Waals surface area contributed by atoms with Crippen molar-refractivity contribution in [1.29, 1.82) is 0 Å². The molecule has 0 bridgehead atoms. The van der Waals surface area contributed by atoms with Crippen LogP contribution in [0.1, 0.15) is 66.7 Å². The van der Waals surface area contributed by atoms with E-state index >= 15 is 0 Å². The normalized spacial score (nSPS) is 22.9. The predicted molar refractivity (Wildman–Crippen MR) is 173 cm³/mol. The number of benzene rings is 4. The molecular weight excluding hydrogens is 548 g/mol. The zero-order valence-corrected chi connectivity index (χ0v) is 26.1. The molecule has 4 aromatic rings. The summed E-state index contributed by atoms with van der Waals surface area (Å²) in [6, 6.07) is 33.9. The highest BCUT2D eigenvalue weighted by molar-refractivity contribution is 5.46. The summed E-state index contributed by atoms with van der Waals surface area (Å²) in [5.74, 6) is 1.82. The molecule has 0 N–H and O–H groups in total. The molecule has 5 heteroatoms. The van der Waals surface area contributed by atoms with Crippen LogP contribution in [0.3, 0.4) is 0 Å². The molecule has 2 heterocycles. The lowest BCUT2D eigenvalue weighted by Crippen LogP contribution is -2.51. The van der Waals surface area contributed by atoms with Crippen LogP contribution in [0.2, 0.25) is 0 Å². The number of aryl methyl sites for hydroxylation is 1. The molecule has 1 saturated heterocycles. The maximum Gasteiger partial charge on any atom is 0.161 e. The summed E-state index contributed by atoms with van der Waals surface area (Å²) in [7, 11) is 0. The molecule has 0 spiro atoms. The van der Waals surface area contributed by atoms with Gasteiger partial charge in [0.15, 0.2) is 11.5 Å². The number of ether oxygens (including phenoxy) is 5. The molecule has 5 atom stereocenters. The molecule has 230 valence electrons. The van der Waals surface area contributed by atoms with Gasteiger partial charge in [-0.15, -0.1) is 0 Å². The van der Waals surface area contributed by atoms with Crippen LogP contribution in [0.4, 0.5) is 0 Å². The minimum absolute atomic E-state index is 0.0597. The smallest absolute Gasteiger partial charge is 0.161 e. The molecule has 0 unspecified atom stereocenters. The standard InChI is InChI=1S/C39H44O5/c1-4-31-17-18-32(24-33(31)22-30-16-19-35-36(23-30)41-21-20-40-35)38-39(43-26-29-14-10-7-11-15-29)37(27(3)34(5-2)44-38)42-25-28-12-8-6-9-13-28/h6-19,23-24,27,34,37-39H,4-5,20-22,25-26H2,1-3H3/t27-,34-,37+,38+,39-/m1/s1. The zero-order chi connectivity index (χ0) is 30.3. The average Bonchev–Trinajstić information content (AvgIpc) is 3.07. The van der Waals surface area contributed by atoms with Crippen LogP contribution in [0.15, 0.2) is 97.1 Å². The number of fused-ring (bicyclic) bond motifs is 1. The molecule has 0 aromatic heterocycles. The third-order valence-electron chi connectivity index (χ3n) is 8.96. The fourth-order valence-electron chi connectivity index (χ4n) is 6.52. The first-order chi connectivity index (χ1) is 21.6. The van der Waals surface area contributed by atoms with Crippen LogP contribution >= 0.6 is 0 Å². The van der Waals surface area contributed by atoms with Crippen LogP contribution in [0.5, 0.6) is 11.5 Å². The summed E-state index contributed by atoms with van der Waals surface area (Å²) >= 11 is 0. The molecule has 0 saturated carbocycles. The Labute approximate surface area is 262 Å². The largest absolute Gasteiger partial charge is 0.486 e. The number of hydrogen-bond acceptors (Lipinski definition) is 5. The SMILES string of the molecule is CCc1ccc([C@@H]2O[C@H](CC)[C@@H](C)[C@H](OCc3ccccc3)[C@H]2OCc2ccccc2)cc1Cc1ccc2c(c1)OCCO2. The third kappa shape index (κ3) is 7.02. The number of rotatable bonds is 11. The molecule has 1 fully saturated rings. The van der Waals surface area contributed by atoms with Crippen molar-refractivity contribution in [3.05, 3.63) is 130 Å². The lowest BCUT2D eigenvalue weighted by Gasteiger charge is -2.46. The van der Waals surface area contributed by atoms with E-state index in [1.807, 2.05) is 18.2 Å². The van der Waals surface area contributed by atoms with E-state index in [-0.39, 0.29) is 30.3 Å². The van der Waals surface area contributed by atoms with Crippen LogP contribution in [-0.4, -0.2) is 31.5 Å². The minimum atomic E-state index is -0.272. The van der Waals surface area contributed by atoms with Gasteiger partial charge in [0.25, 0.3) is 0 Å². The lowest BCUT2D eigenvalue weighted by atomic mass is 9.83. The highest BCUT2D eigenvalue weighted by atomic mass is 16.6. The Morgan fingerprint density at radius 2 is 1.32 bits per heavy atom. The van der Waals surface area contributed by atoms with Gasteiger partial charge in [0.2, 0.25) is 0 Å². The van der Waals surface area contributed by atoms with E-state index < -0.39 is 0 Å². The monoisotopic (exact) mass is 592 g/mol. The van der Waals surface area contributed by atoms with E-state index in [4.69, 9.17) is 23.7 Å². The van der Waals surface area contributed by atoms with Crippen molar-refractivity contribution in [2.24, 2.45) is 5.92 Å². The van der Waals surface area contributed by atoms with Crippen molar-refractivity contribution in [2.75, 3.05) is 13.2 Å². The Morgan fingerprint density at radius 1 is 0.659 bits per heavy atom. The first-order valence-corrected chi connectivity index (χ1v) is 16.1. The highest BCUT2D eigenvalue weighted by Gasteiger charge is 2.45. The van der Waals surface area contributed by atoms with Crippen LogP contribution in [0.25, 0.3) is 0 Å². The Kier molecular flexibility index (Phi) is 9.96. The van der Waals surface area contributed by atoms with Gasteiger partial charge >= 0.3 is 0 Å². The zero-order valence-electron chi connectivity index (χ0n) is 26.1. The quantitative estimate of drug-likeness (QED) is 0.175. The molecule has 4 aromatic carbocycles. The summed E-state index contributed by atoms with van der Waals surface area (Å²) < 4.78 is 32.1. The van der Waals surface area contributed by atoms with E-state index in [1.54, 1.807) is 0 Å². The van der Waals surface area contributed by atoms with Gasteiger partial charge in [-0.05, 0) is 64.8 Å². The highest BCUT2D eigenvalue weighted by Crippen LogP contribution is 2.41. The fourth-order valence-corrected chi connectivity index (χ4v) is 6.52. The van der Waals surface area contributed by atoms with Gasteiger partial charge < -0.3 is 23.7 Å². The summed E-state index contributed by atoms with van der Waals surface area (Å²) in [5, 5.41) is 0. The topological polar surface area (TPSA) is 46.2 Å². The molecular formula is C39H44O5. The second-order valence-corrected chi connectivity index (χ2v) is 11.9. The Balaban J connectivity index is 1.32. The van der Waals surface area contributed by atoms with Crippen molar-refractivity contribution < 1.29 is 23.7 Å². The Hall–Kier alpha value is -3.64. The Bertz CT molecular complexity index is 1490.